The van der Waals surface area contributed by atoms with Crippen LogP contribution in [0.5, 0.6) is 0 Å². The Kier molecular flexibility index (Phi) is 6.41. The van der Waals surface area contributed by atoms with Crippen molar-refractivity contribution in [2.24, 2.45) is 0 Å². The number of thiazole rings is 1. The first-order valence-corrected chi connectivity index (χ1v) is 9.25. The number of nitrogens with zero attached hydrogens (tertiary/aromatic N) is 2. The molecule has 2 atom stereocenters. The lowest BCUT2D eigenvalue weighted by Gasteiger charge is -2.36. The molecule has 0 saturated carbocycles. The molecule has 1 saturated heterocycles. The van der Waals surface area contributed by atoms with E-state index >= 15 is 0 Å². The zero-order chi connectivity index (χ0) is 16.9. The van der Waals surface area contributed by atoms with Gasteiger partial charge in [-0.25, -0.2) is 9.78 Å². The lowest BCUT2D eigenvalue weighted by molar-refractivity contribution is -0.000262. The summed E-state index contributed by atoms with van der Waals surface area (Å²) >= 11 is 1.61. The van der Waals surface area contributed by atoms with Gasteiger partial charge in [0.25, 0.3) is 0 Å². The molecule has 0 spiro atoms. The van der Waals surface area contributed by atoms with Crippen LogP contribution in [0, 0.1) is 0 Å². The highest BCUT2D eigenvalue weighted by molar-refractivity contribution is 7.09. The van der Waals surface area contributed by atoms with Gasteiger partial charge in [-0.15, -0.1) is 11.3 Å². The Morgan fingerprint density at radius 1 is 1.48 bits per heavy atom. The molecule has 0 N–H and O–H groups in total. The SMILES string of the molecule is CC(OCCC1CCCCN1C(=O)OC(C)(C)C)c1nccs1. The number of carbonyl (C=O) groups excluding carboxylic acids is 1. The van der Waals surface area contributed by atoms with Gasteiger partial charge in [-0.3, -0.25) is 0 Å². The molecule has 1 amide bonds. The van der Waals surface area contributed by atoms with Gasteiger partial charge >= 0.3 is 6.09 Å². The molecule has 1 fully saturated rings. The van der Waals surface area contributed by atoms with Crippen molar-refractivity contribution in [3.05, 3.63) is 16.6 Å². The first-order chi connectivity index (χ1) is 10.9. The fourth-order valence-corrected chi connectivity index (χ4v) is 3.39. The lowest BCUT2D eigenvalue weighted by atomic mass is 10.0. The normalized spacial score (nSPS) is 20.3. The van der Waals surface area contributed by atoms with E-state index in [1.807, 2.05) is 38.0 Å². The minimum atomic E-state index is -0.449. The van der Waals surface area contributed by atoms with Crippen LogP contribution in [0.15, 0.2) is 11.6 Å². The third-order valence-corrected chi connectivity index (χ3v) is 4.81. The summed E-state index contributed by atoms with van der Waals surface area (Å²) in [6.45, 7) is 9.14. The Bertz CT molecular complexity index is 485. The number of rotatable bonds is 5. The Labute approximate surface area is 143 Å². The van der Waals surface area contributed by atoms with E-state index in [9.17, 15) is 4.79 Å². The molecule has 0 aromatic carbocycles. The molecule has 0 bridgehead atoms. The van der Waals surface area contributed by atoms with E-state index in [0.29, 0.717) is 6.61 Å². The fraction of sp³-hybridized carbons (Fsp3) is 0.765. The van der Waals surface area contributed by atoms with Crippen molar-refractivity contribution in [2.75, 3.05) is 13.2 Å². The van der Waals surface area contributed by atoms with Crippen LogP contribution in [0.25, 0.3) is 0 Å². The van der Waals surface area contributed by atoms with Gasteiger partial charge in [0.1, 0.15) is 16.7 Å². The second kappa shape index (κ2) is 8.11. The summed E-state index contributed by atoms with van der Waals surface area (Å²) < 4.78 is 11.4. The van der Waals surface area contributed by atoms with Gasteiger partial charge in [0.05, 0.1) is 0 Å². The molecule has 5 nitrogen and oxygen atoms in total. The second-order valence-electron chi connectivity index (χ2n) is 7.00. The summed E-state index contributed by atoms with van der Waals surface area (Å²) in [4.78, 5) is 18.5. The van der Waals surface area contributed by atoms with Gasteiger partial charge in [-0.1, -0.05) is 0 Å². The maximum Gasteiger partial charge on any atom is 0.410 e. The smallest absolute Gasteiger partial charge is 0.410 e. The third kappa shape index (κ3) is 5.77. The van der Waals surface area contributed by atoms with Crippen molar-refractivity contribution in [1.29, 1.82) is 0 Å². The molecular weight excluding hydrogens is 312 g/mol. The third-order valence-electron chi connectivity index (χ3n) is 3.87. The Morgan fingerprint density at radius 3 is 2.91 bits per heavy atom. The molecule has 23 heavy (non-hydrogen) atoms. The molecule has 1 aliphatic rings. The van der Waals surface area contributed by atoms with Crippen LogP contribution in [0.3, 0.4) is 0 Å². The van der Waals surface area contributed by atoms with Gasteiger partial charge in [0.2, 0.25) is 0 Å². The molecule has 2 heterocycles. The molecule has 1 aromatic heterocycles. The second-order valence-corrected chi connectivity index (χ2v) is 7.92. The average Bonchev–Trinajstić information content (AvgIpc) is 3.00. The van der Waals surface area contributed by atoms with Gasteiger partial charge in [-0.05, 0) is 53.4 Å². The zero-order valence-corrected chi connectivity index (χ0v) is 15.4. The van der Waals surface area contributed by atoms with Crippen LogP contribution in [0.4, 0.5) is 4.79 Å². The van der Waals surface area contributed by atoms with Crippen LogP contribution in [-0.2, 0) is 9.47 Å². The van der Waals surface area contributed by atoms with E-state index in [1.54, 1.807) is 17.5 Å². The number of aromatic nitrogens is 1. The van der Waals surface area contributed by atoms with Gasteiger partial charge < -0.3 is 14.4 Å². The highest BCUT2D eigenvalue weighted by Gasteiger charge is 2.30. The van der Waals surface area contributed by atoms with Gasteiger partial charge in [0.15, 0.2) is 0 Å². The molecule has 0 aliphatic carbocycles. The molecule has 2 unspecified atom stereocenters. The minimum Gasteiger partial charge on any atom is -0.444 e. The fourth-order valence-electron chi connectivity index (χ4n) is 2.75. The number of ether oxygens (including phenoxy) is 2. The van der Waals surface area contributed by atoms with E-state index in [0.717, 1.165) is 37.2 Å². The minimum absolute atomic E-state index is 0.00793. The van der Waals surface area contributed by atoms with Crippen LogP contribution < -0.4 is 0 Å². The van der Waals surface area contributed by atoms with Gasteiger partial charge in [-0.2, -0.15) is 0 Å². The predicted molar refractivity (Wildman–Crippen MR) is 91.7 cm³/mol. The first-order valence-electron chi connectivity index (χ1n) is 8.37. The van der Waals surface area contributed by atoms with Crippen LogP contribution in [0.2, 0.25) is 0 Å². The summed E-state index contributed by atoms with van der Waals surface area (Å²) in [5.74, 6) is 0. The van der Waals surface area contributed by atoms with Crippen molar-refractivity contribution in [3.8, 4) is 0 Å². The topological polar surface area (TPSA) is 51.7 Å². The number of likely N-dealkylation sites (tertiary alicyclic amines) is 1. The quantitative estimate of drug-likeness (QED) is 0.797. The molecule has 2 rings (SSSR count). The largest absolute Gasteiger partial charge is 0.444 e. The van der Waals surface area contributed by atoms with Crippen LogP contribution in [-0.4, -0.2) is 40.8 Å². The summed E-state index contributed by atoms with van der Waals surface area (Å²) in [5.41, 5.74) is -0.449. The standard InChI is InChI=1S/C17H28N2O3S/c1-13(15-18-9-12-23-15)21-11-8-14-7-5-6-10-19(14)16(20)22-17(2,3)4/h9,12-14H,5-8,10-11H2,1-4H3. The molecular formula is C17H28N2O3S. The van der Waals surface area contributed by atoms with Crippen LogP contribution >= 0.6 is 11.3 Å². The maximum atomic E-state index is 12.4. The van der Waals surface area contributed by atoms with E-state index in [2.05, 4.69) is 4.98 Å². The van der Waals surface area contributed by atoms with E-state index in [4.69, 9.17) is 9.47 Å². The van der Waals surface area contributed by atoms with Crippen molar-refractivity contribution in [3.63, 3.8) is 0 Å². The number of hydrogen-bond donors (Lipinski definition) is 0. The molecule has 6 heteroatoms. The van der Waals surface area contributed by atoms with Crippen molar-refractivity contribution < 1.29 is 14.3 Å². The average molecular weight is 340 g/mol. The number of hydrogen-bond acceptors (Lipinski definition) is 5. The lowest BCUT2D eigenvalue weighted by Crippen LogP contribution is -2.46. The monoisotopic (exact) mass is 340 g/mol. The van der Waals surface area contributed by atoms with Crippen molar-refractivity contribution in [1.82, 2.24) is 9.88 Å². The summed E-state index contributed by atoms with van der Waals surface area (Å²) in [6, 6.07) is 0.210. The van der Waals surface area contributed by atoms with Crippen molar-refractivity contribution in [2.45, 2.75) is 71.1 Å². The van der Waals surface area contributed by atoms with Crippen molar-refractivity contribution >= 4 is 17.4 Å². The number of carbonyl (C=O) groups is 1. The highest BCUT2D eigenvalue weighted by atomic mass is 32.1. The maximum absolute atomic E-state index is 12.4. The summed E-state index contributed by atoms with van der Waals surface area (Å²) in [6.07, 6.45) is 5.68. The predicted octanol–water partition coefficient (Wildman–Crippen LogP) is 4.40. The first kappa shape index (κ1) is 18.2. The Morgan fingerprint density at radius 2 is 2.26 bits per heavy atom. The molecule has 130 valence electrons. The molecule has 0 radical (unpaired) electrons. The van der Waals surface area contributed by atoms with E-state index in [1.165, 1.54) is 0 Å². The molecule has 1 aromatic rings. The van der Waals surface area contributed by atoms with Crippen LogP contribution in [0.1, 0.15) is 64.5 Å². The van der Waals surface area contributed by atoms with E-state index < -0.39 is 5.60 Å². The molecule has 1 aliphatic heterocycles. The summed E-state index contributed by atoms with van der Waals surface area (Å²) in [7, 11) is 0. The zero-order valence-electron chi connectivity index (χ0n) is 14.6. The van der Waals surface area contributed by atoms with E-state index in [-0.39, 0.29) is 18.2 Å². The number of amides is 1. The Hall–Kier alpha value is -1.14. The Balaban J connectivity index is 1.82. The highest BCUT2D eigenvalue weighted by Crippen LogP contribution is 2.24. The number of piperidine rings is 1. The van der Waals surface area contributed by atoms with Gasteiger partial charge in [0, 0.05) is 30.8 Å². The summed E-state index contributed by atoms with van der Waals surface area (Å²) in [5, 5.41) is 2.96.